The predicted molar refractivity (Wildman–Crippen MR) is 77.9 cm³/mol. The number of aryl methyl sites for hydroxylation is 1. The van der Waals surface area contributed by atoms with Crippen molar-refractivity contribution in [2.75, 3.05) is 0 Å². The third-order valence-electron chi connectivity index (χ3n) is 3.26. The van der Waals surface area contributed by atoms with E-state index in [0.717, 1.165) is 6.42 Å². The molecule has 18 heavy (non-hydrogen) atoms. The van der Waals surface area contributed by atoms with Crippen LogP contribution in [0.3, 0.4) is 0 Å². The van der Waals surface area contributed by atoms with Gasteiger partial charge in [-0.25, -0.2) is 4.98 Å². The van der Waals surface area contributed by atoms with Gasteiger partial charge in [-0.2, -0.15) is 0 Å². The zero-order chi connectivity index (χ0) is 13.0. The molecule has 0 saturated carbocycles. The molecule has 3 heteroatoms. The van der Waals surface area contributed by atoms with Gasteiger partial charge >= 0.3 is 0 Å². The molecule has 0 saturated heterocycles. The zero-order valence-corrected chi connectivity index (χ0v) is 12.0. The van der Waals surface area contributed by atoms with E-state index in [1.54, 1.807) is 11.3 Å². The van der Waals surface area contributed by atoms with Crippen molar-refractivity contribution in [3.8, 4) is 0 Å². The first-order valence-electron chi connectivity index (χ1n) is 6.43. The number of hydrogen-bond acceptors (Lipinski definition) is 3. The lowest BCUT2D eigenvalue weighted by atomic mass is 10.0. The molecule has 0 fully saturated rings. The van der Waals surface area contributed by atoms with Gasteiger partial charge < -0.3 is 5.32 Å². The van der Waals surface area contributed by atoms with Crippen LogP contribution in [0.4, 0.5) is 0 Å². The Labute approximate surface area is 113 Å². The van der Waals surface area contributed by atoms with Gasteiger partial charge in [-0.3, -0.25) is 0 Å². The van der Waals surface area contributed by atoms with E-state index in [9.17, 15) is 0 Å². The summed E-state index contributed by atoms with van der Waals surface area (Å²) >= 11 is 1.72. The first-order chi connectivity index (χ1) is 8.72. The van der Waals surface area contributed by atoms with Gasteiger partial charge in [0.25, 0.3) is 0 Å². The normalized spacial score (nSPS) is 14.4. The molecule has 2 nitrogen and oxygen atoms in total. The highest BCUT2D eigenvalue weighted by Gasteiger charge is 2.16. The van der Waals surface area contributed by atoms with E-state index in [1.165, 1.54) is 16.1 Å². The highest BCUT2D eigenvalue weighted by Crippen LogP contribution is 2.24. The third-order valence-corrected chi connectivity index (χ3v) is 4.15. The predicted octanol–water partition coefficient (Wildman–Crippen LogP) is 4.25. The van der Waals surface area contributed by atoms with Gasteiger partial charge in [0, 0.05) is 17.6 Å². The van der Waals surface area contributed by atoms with Gasteiger partial charge in [-0.15, -0.1) is 11.3 Å². The minimum Gasteiger partial charge on any atom is -0.301 e. The standard InChI is InChI=1S/C15H20N2S/c1-4-14(15-16-9-10-18-15)17-12(3)13-8-6-5-7-11(13)2/h5-10,12,14,17H,4H2,1-3H3. The average molecular weight is 260 g/mol. The van der Waals surface area contributed by atoms with Gasteiger partial charge in [0.05, 0.1) is 6.04 Å². The molecular weight excluding hydrogens is 240 g/mol. The van der Waals surface area contributed by atoms with Crippen LogP contribution in [0.15, 0.2) is 35.8 Å². The fourth-order valence-corrected chi connectivity index (χ4v) is 3.02. The highest BCUT2D eigenvalue weighted by molar-refractivity contribution is 7.09. The molecule has 2 unspecified atom stereocenters. The summed E-state index contributed by atoms with van der Waals surface area (Å²) in [5, 5.41) is 6.89. The number of aromatic nitrogens is 1. The monoisotopic (exact) mass is 260 g/mol. The minimum atomic E-state index is 0.347. The summed E-state index contributed by atoms with van der Waals surface area (Å²) in [5.74, 6) is 0. The largest absolute Gasteiger partial charge is 0.301 e. The number of nitrogens with one attached hydrogen (secondary N) is 1. The number of hydrogen-bond donors (Lipinski definition) is 1. The molecule has 2 aromatic rings. The quantitative estimate of drug-likeness (QED) is 0.869. The van der Waals surface area contributed by atoms with Crippen LogP contribution in [0.5, 0.6) is 0 Å². The van der Waals surface area contributed by atoms with E-state index in [4.69, 9.17) is 0 Å². The van der Waals surface area contributed by atoms with E-state index in [-0.39, 0.29) is 0 Å². The highest BCUT2D eigenvalue weighted by atomic mass is 32.1. The molecule has 1 N–H and O–H groups in total. The zero-order valence-electron chi connectivity index (χ0n) is 11.2. The van der Waals surface area contributed by atoms with Gasteiger partial charge in [0.2, 0.25) is 0 Å². The summed E-state index contributed by atoms with van der Waals surface area (Å²) in [7, 11) is 0. The molecule has 2 rings (SSSR count). The van der Waals surface area contributed by atoms with Gasteiger partial charge in [0.15, 0.2) is 0 Å². The van der Waals surface area contributed by atoms with Crippen molar-refractivity contribution in [3.63, 3.8) is 0 Å². The van der Waals surface area contributed by atoms with E-state index < -0.39 is 0 Å². The van der Waals surface area contributed by atoms with E-state index >= 15 is 0 Å². The van der Waals surface area contributed by atoms with Crippen LogP contribution in [0.25, 0.3) is 0 Å². The summed E-state index contributed by atoms with van der Waals surface area (Å²) in [6.07, 6.45) is 2.94. The minimum absolute atomic E-state index is 0.347. The fraction of sp³-hybridized carbons (Fsp3) is 0.400. The van der Waals surface area contributed by atoms with Gasteiger partial charge in [0.1, 0.15) is 5.01 Å². The fourth-order valence-electron chi connectivity index (χ4n) is 2.23. The van der Waals surface area contributed by atoms with Crippen LogP contribution in [0.1, 0.15) is 48.5 Å². The average Bonchev–Trinajstić information content (AvgIpc) is 2.90. The van der Waals surface area contributed by atoms with Gasteiger partial charge in [-0.05, 0) is 31.4 Å². The number of thiazole rings is 1. The topological polar surface area (TPSA) is 24.9 Å². The Morgan fingerprint density at radius 1 is 1.33 bits per heavy atom. The first-order valence-corrected chi connectivity index (χ1v) is 7.31. The van der Waals surface area contributed by atoms with Crippen molar-refractivity contribution in [3.05, 3.63) is 52.0 Å². The van der Waals surface area contributed by atoms with Crippen LogP contribution < -0.4 is 5.32 Å². The summed E-state index contributed by atoms with van der Waals surface area (Å²) in [5.41, 5.74) is 2.71. The summed E-state index contributed by atoms with van der Waals surface area (Å²) in [4.78, 5) is 4.41. The maximum Gasteiger partial charge on any atom is 0.109 e. The van der Waals surface area contributed by atoms with Crippen LogP contribution in [-0.2, 0) is 0 Å². The Balaban J connectivity index is 2.11. The second-order valence-electron chi connectivity index (χ2n) is 4.58. The van der Waals surface area contributed by atoms with E-state index in [0.29, 0.717) is 12.1 Å². The van der Waals surface area contributed by atoms with Gasteiger partial charge in [-0.1, -0.05) is 31.2 Å². The lowest BCUT2D eigenvalue weighted by Gasteiger charge is -2.22. The van der Waals surface area contributed by atoms with E-state index in [2.05, 4.69) is 55.3 Å². The Morgan fingerprint density at radius 2 is 2.11 bits per heavy atom. The van der Waals surface area contributed by atoms with Crippen LogP contribution in [0, 0.1) is 6.92 Å². The molecule has 2 atom stereocenters. The van der Waals surface area contributed by atoms with E-state index in [1.807, 2.05) is 11.6 Å². The smallest absolute Gasteiger partial charge is 0.109 e. The Morgan fingerprint density at radius 3 is 2.72 bits per heavy atom. The van der Waals surface area contributed by atoms with Crippen molar-refractivity contribution in [1.82, 2.24) is 10.3 Å². The lowest BCUT2D eigenvalue weighted by molar-refractivity contribution is 0.454. The molecule has 1 aromatic heterocycles. The SMILES string of the molecule is CCC(NC(C)c1ccccc1C)c1nccs1. The van der Waals surface area contributed by atoms with Crippen molar-refractivity contribution in [2.45, 2.75) is 39.3 Å². The molecule has 0 spiro atoms. The molecule has 96 valence electrons. The molecule has 0 aliphatic heterocycles. The second-order valence-corrected chi connectivity index (χ2v) is 5.50. The van der Waals surface area contributed by atoms with Crippen molar-refractivity contribution >= 4 is 11.3 Å². The van der Waals surface area contributed by atoms with Crippen molar-refractivity contribution < 1.29 is 0 Å². The Hall–Kier alpha value is -1.19. The molecular formula is C15H20N2S. The van der Waals surface area contributed by atoms with Crippen LogP contribution in [-0.4, -0.2) is 4.98 Å². The number of rotatable bonds is 5. The van der Waals surface area contributed by atoms with Crippen molar-refractivity contribution in [1.29, 1.82) is 0 Å². The van der Waals surface area contributed by atoms with Crippen LogP contribution in [0.2, 0.25) is 0 Å². The number of nitrogens with zero attached hydrogens (tertiary/aromatic N) is 1. The molecule has 0 radical (unpaired) electrons. The molecule has 0 bridgehead atoms. The molecule has 0 aliphatic rings. The number of benzene rings is 1. The third kappa shape index (κ3) is 2.98. The summed E-state index contributed by atoms with van der Waals surface area (Å²) < 4.78 is 0. The molecule has 0 aliphatic carbocycles. The second kappa shape index (κ2) is 6.12. The summed E-state index contributed by atoms with van der Waals surface area (Å²) in [6.45, 7) is 6.58. The Kier molecular flexibility index (Phi) is 4.50. The maximum atomic E-state index is 4.41. The first kappa shape index (κ1) is 13.2. The molecule has 1 aromatic carbocycles. The molecule has 0 amide bonds. The lowest BCUT2D eigenvalue weighted by Crippen LogP contribution is -2.24. The van der Waals surface area contributed by atoms with Crippen LogP contribution >= 0.6 is 11.3 Å². The summed E-state index contributed by atoms with van der Waals surface area (Å²) in [6, 6.07) is 9.24. The molecule has 1 heterocycles. The maximum absolute atomic E-state index is 4.41. The van der Waals surface area contributed by atoms with Crippen molar-refractivity contribution in [2.24, 2.45) is 0 Å². The Bertz CT molecular complexity index is 479.